The number of benzene rings is 2. The highest BCUT2D eigenvalue weighted by atomic mass is 16.5. The van der Waals surface area contributed by atoms with Gasteiger partial charge in [-0.3, -0.25) is 9.59 Å². The largest absolute Gasteiger partial charge is 0.497 e. The van der Waals surface area contributed by atoms with Crippen molar-refractivity contribution in [3.63, 3.8) is 0 Å². The molecule has 2 atom stereocenters. The molecule has 3 aliphatic rings. The molecule has 1 saturated heterocycles. The minimum Gasteiger partial charge on any atom is -0.497 e. The summed E-state index contributed by atoms with van der Waals surface area (Å²) in [4.78, 5) is 30.6. The molecule has 0 unspecified atom stereocenters. The Balaban J connectivity index is 1.45. The summed E-state index contributed by atoms with van der Waals surface area (Å²) in [6.45, 7) is 2.35. The number of fused-ring (bicyclic) bond motifs is 1. The molecule has 0 bridgehead atoms. The van der Waals surface area contributed by atoms with Gasteiger partial charge < -0.3 is 19.3 Å². The van der Waals surface area contributed by atoms with Crippen LogP contribution in [0, 0.1) is 11.8 Å². The molecule has 0 aromatic heterocycles. The van der Waals surface area contributed by atoms with Gasteiger partial charge in [-0.05, 0) is 48.6 Å². The summed E-state index contributed by atoms with van der Waals surface area (Å²) < 4.78 is 11.1. The Morgan fingerprint density at radius 2 is 1.69 bits per heavy atom. The van der Waals surface area contributed by atoms with Gasteiger partial charge in [0.1, 0.15) is 11.5 Å². The Bertz CT molecular complexity index is 1030. The molecule has 1 saturated carbocycles. The quantitative estimate of drug-likeness (QED) is 0.725. The topological polar surface area (TPSA) is 59.1 Å². The van der Waals surface area contributed by atoms with E-state index in [1.165, 1.54) is 11.1 Å². The van der Waals surface area contributed by atoms with E-state index >= 15 is 0 Å². The molecule has 32 heavy (non-hydrogen) atoms. The zero-order valence-electron chi connectivity index (χ0n) is 18.8. The number of nitrogens with zero attached hydrogens (tertiary/aromatic N) is 2. The van der Waals surface area contributed by atoms with E-state index in [0.717, 1.165) is 36.3 Å². The van der Waals surface area contributed by atoms with Crippen molar-refractivity contribution in [2.24, 2.45) is 11.8 Å². The molecule has 1 aliphatic carbocycles. The Hall–Kier alpha value is -3.02. The Labute approximate surface area is 189 Å². The maximum absolute atomic E-state index is 13.8. The molecule has 2 aliphatic heterocycles. The number of rotatable bonds is 5. The molecule has 0 radical (unpaired) electrons. The van der Waals surface area contributed by atoms with Crippen molar-refractivity contribution in [3.8, 4) is 11.5 Å². The first-order valence-corrected chi connectivity index (χ1v) is 11.4. The molecule has 0 spiro atoms. The van der Waals surface area contributed by atoms with E-state index in [9.17, 15) is 9.59 Å². The molecule has 0 N–H and O–H groups in total. The van der Waals surface area contributed by atoms with Crippen LogP contribution in [0.25, 0.3) is 0 Å². The monoisotopic (exact) mass is 434 g/mol. The van der Waals surface area contributed by atoms with Crippen molar-refractivity contribution < 1.29 is 19.1 Å². The molecule has 168 valence electrons. The summed E-state index contributed by atoms with van der Waals surface area (Å²) in [5.74, 6) is 1.51. The van der Waals surface area contributed by atoms with Crippen molar-refractivity contribution in [2.45, 2.75) is 31.7 Å². The van der Waals surface area contributed by atoms with E-state index in [0.29, 0.717) is 26.2 Å². The van der Waals surface area contributed by atoms with Gasteiger partial charge in [-0.2, -0.15) is 0 Å². The molecule has 6 nitrogen and oxygen atoms in total. The van der Waals surface area contributed by atoms with Crippen LogP contribution in [0.2, 0.25) is 0 Å². The lowest BCUT2D eigenvalue weighted by molar-refractivity contribution is -0.137. The molecule has 6 heteroatoms. The number of hydrogen-bond acceptors (Lipinski definition) is 4. The van der Waals surface area contributed by atoms with E-state index in [1.807, 2.05) is 34.1 Å². The first-order valence-electron chi connectivity index (χ1n) is 11.4. The molecule has 2 heterocycles. The molecule has 2 aromatic carbocycles. The number of hydrogen-bond donors (Lipinski definition) is 0. The molecule has 2 aromatic rings. The summed E-state index contributed by atoms with van der Waals surface area (Å²) in [5, 5.41) is 0. The summed E-state index contributed by atoms with van der Waals surface area (Å²) >= 11 is 0. The van der Waals surface area contributed by atoms with E-state index in [2.05, 4.69) is 18.2 Å². The zero-order valence-corrected chi connectivity index (χ0v) is 18.8. The smallest absolute Gasteiger partial charge is 0.228 e. The Morgan fingerprint density at radius 3 is 2.41 bits per heavy atom. The lowest BCUT2D eigenvalue weighted by Crippen LogP contribution is -2.42. The predicted octanol–water partition coefficient (Wildman–Crippen LogP) is 3.24. The van der Waals surface area contributed by atoms with E-state index in [4.69, 9.17) is 9.47 Å². The van der Waals surface area contributed by atoms with E-state index in [-0.39, 0.29) is 29.6 Å². The minimum absolute atomic E-state index is 0.118. The second-order valence-electron chi connectivity index (χ2n) is 9.12. The van der Waals surface area contributed by atoms with Crippen LogP contribution in [-0.4, -0.2) is 55.5 Å². The van der Waals surface area contributed by atoms with Gasteiger partial charge in [0.2, 0.25) is 11.8 Å². The van der Waals surface area contributed by atoms with Crippen molar-refractivity contribution in [1.82, 2.24) is 9.80 Å². The summed E-state index contributed by atoms with van der Waals surface area (Å²) in [7, 11) is 3.28. The van der Waals surface area contributed by atoms with Crippen LogP contribution in [0.4, 0.5) is 0 Å². The van der Waals surface area contributed by atoms with Gasteiger partial charge >= 0.3 is 0 Å². The fourth-order valence-corrected chi connectivity index (χ4v) is 5.19. The van der Waals surface area contributed by atoms with Crippen LogP contribution in [0.15, 0.2) is 42.5 Å². The van der Waals surface area contributed by atoms with Gasteiger partial charge in [0, 0.05) is 43.6 Å². The summed E-state index contributed by atoms with van der Waals surface area (Å²) in [6.07, 6.45) is 2.79. The molecule has 2 amide bonds. The maximum atomic E-state index is 13.8. The van der Waals surface area contributed by atoms with Crippen LogP contribution in [0.3, 0.4) is 0 Å². The lowest BCUT2D eigenvalue weighted by Gasteiger charge is -2.32. The first-order chi connectivity index (χ1) is 15.6. The number of carbonyl (C=O) groups excluding carboxylic acids is 2. The number of carbonyl (C=O) groups is 2. The van der Waals surface area contributed by atoms with Gasteiger partial charge in [0.05, 0.1) is 20.1 Å². The van der Waals surface area contributed by atoms with Gasteiger partial charge in [-0.25, -0.2) is 0 Å². The van der Waals surface area contributed by atoms with E-state index < -0.39 is 0 Å². The normalized spacial score (nSPS) is 22.4. The second kappa shape index (κ2) is 8.49. The number of ether oxygens (including phenoxy) is 2. The SMILES string of the molecule is COc1ccc(OC)c([C@H]2CN(C(=O)C3CC3)C[C@H]2C(=O)N2CCc3ccccc3C2)c1. The minimum atomic E-state index is -0.288. The van der Waals surface area contributed by atoms with Gasteiger partial charge in [-0.1, -0.05) is 24.3 Å². The highest BCUT2D eigenvalue weighted by Gasteiger charge is 2.46. The summed E-state index contributed by atoms with van der Waals surface area (Å²) in [5.41, 5.74) is 3.47. The molecular formula is C26H30N2O4. The molecular weight excluding hydrogens is 404 g/mol. The standard InChI is InChI=1S/C26H30N2O4/c1-31-20-9-10-24(32-2)21(13-20)22-15-28(25(29)18-7-8-18)16-23(22)26(30)27-12-11-17-5-3-4-6-19(17)14-27/h3-6,9-10,13,18,22-23H,7-8,11-12,14-16H2,1-2H3/t22-,23-/m1/s1. The average Bonchev–Trinajstić information content (AvgIpc) is 3.60. The number of methoxy groups -OCH3 is 2. The van der Waals surface area contributed by atoms with E-state index in [1.54, 1.807) is 14.2 Å². The van der Waals surface area contributed by atoms with Crippen molar-refractivity contribution in [2.75, 3.05) is 33.9 Å². The third kappa shape index (κ3) is 3.83. The molecule has 2 fully saturated rings. The van der Waals surface area contributed by atoms with Crippen LogP contribution in [0.1, 0.15) is 35.4 Å². The van der Waals surface area contributed by atoms with Crippen LogP contribution in [-0.2, 0) is 22.6 Å². The Kier molecular flexibility index (Phi) is 5.53. The van der Waals surface area contributed by atoms with Crippen molar-refractivity contribution >= 4 is 11.8 Å². The third-order valence-corrected chi connectivity index (χ3v) is 7.15. The van der Waals surface area contributed by atoms with Crippen LogP contribution in [0.5, 0.6) is 11.5 Å². The predicted molar refractivity (Wildman–Crippen MR) is 121 cm³/mol. The number of amides is 2. The Morgan fingerprint density at radius 1 is 0.906 bits per heavy atom. The fourth-order valence-electron chi connectivity index (χ4n) is 5.19. The fraction of sp³-hybridized carbons (Fsp3) is 0.462. The lowest BCUT2D eigenvalue weighted by atomic mass is 9.86. The highest BCUT2D eigenvalue weighted by molar-refractivity contribution is 5.85. The first kappa shape index (κ1) is 20.9. The van der Waals surface area contributed by atoms with Crippen molar-refractivity contribution in [1.29, 1.82) is 0 Å². The molecule has 5 rings (SSSR count). The highest BCUT2D eigenvalue weighted by Crippen LogP contribution is 2.42. The van der Waals surface area contributed by atoms with Gasteiger partial charge in [0.15, 0.2) is 0 Å². The van der Waals surface area contributed by atoms with Crippen LogP contribution >= 0.6 is 0 Å². The summed E-state index contributed by atoms with van der Waals surface area (Å²) in [6, 6.07) is 14.0. The van der Waals surface area contributed by atoms with Gasteiger partial charge in [-0.15, -0.1) is 0 Å². The number of likely N-dealkylation sites (tertiary alicyclic amines) is 1. The second-order valence-corrected chi connectivity index (χ2v) is 9.12. The zero-order chi connectivity index (χ0) is 22.2. The third-order valence-electron chi connectivity index (χ3n) is 7.15. The van der Waals surface area contributed by atoms with Crippen LogP contribution < -0.4 is 9.47 Å². The van der Waals surface area contributed by atoms with Gasteiger partial charge in [0.25, 0.3) is 0 Å². The van der Waals surface area contributed by atoms with Crippen molar-refractivity contribution in [3.05, 3.63) is 59.2 Å². The maximum Gasteiger partial charge on any atom is 0.228 e. The average molecular weight is 435 g/mol.